The Balaban J connectivity index is 1.54. The molecule has 0 fully saturated rings. The van der Waals surface area contributed by atoms with E-state index in [1.165, 1.54) is 0 Å². The molecule has 1 amide bonds. The van der Waals surface area contributed by atoms with Crippen molar-refractivity contribution in [3.8, 4) is 0 Å². The third-order valence-corrected chi connectivity index (χ3v) is 4.61. The molecular formula is C18H19N3O2S. The fourth-order valence-corrected chi connectivity index (χ4v) is 3.28. The Bertz CT molecular complexity index is 919. The standard InChI is InChI=1S/C18H19N3O2S/c1-13(12-14-6-4-11-24-14)17(22)19-9-5-10-21-16-8-3-2-7-15(16)20-18(21)23/h2-4,6-8,11-12H,5,9-10H2,1H3,(H,19,22)(H,20,23)/b13-12+. The zero-order chi connectivity index (χ0) is 16.9. The van der Waals surface area contributed by atoms with Gasteiger partial charge in [0.05, 0.1) is 11.0 Å². The molecule has 0 aliphatic heterocycles. The Morgan fingerprint density at radius 1 is 1.29 bits per heavy atom. The van der Waals surface area contributed by atoms with E-state index in [0.29, 0.717) is 25.1 Å². The molecule has 0 unspecified atom stereocenters. The summed E-state index contributed by atoms with van der Waals surface area (Å²) in [6.07, 6.45) is 2.57. The molecule has 2 N–H and O–H groups in total. The van der Waals surface area contributed by atoms with E-state index in [1.807, 2.05) is 47.9 Å². The minimum atomic E-state index is -0.115. The van der Waals surface area contributed by atoms with Crippen LogP contribution in [-0.2, 0) is 11.3 Å². The Labute approximate surface area is 143 Å². The van der Waals surface area contributed by atoms with Crippen LogP contribution in [0.1, 0.15) is 18.2 Å². The van der Waals surface area contributed by atoms with Crippen molar-refractivity contribution >= 4 is 34.4 Å². The fraction of sp³-hybridized carbons (Fsp3) is 0.222. The normalized spacial score (nSPS) is 11.8. The molecule has 0 saturated carbocycles. The van der Waals surface area contributed by atoms with Crippen LogP contribution in [0.2, 0.25) is 0 Å². The number of carbonyl (C=O) groups is 1. The summed E-state index contributed by atoms with van der Waals surface area (Å²) in [5, 5.41) is 4.88. The van der Waals surface area contributed by atoms with E-state index >= 15 is 0 Å². The molecule has 0 aliphatic rings. The van der Waals surface area contributed by atoms with Crippen molar-refractivity contribution in [2.45, 2.75) is 19.9 Å². The molecule has 2 aromatic heterocycles. The molecule has 3 rings (SSSR count). The summed E-state index contributed by atoms with van der Waals surface area (Å²) < 4.78 is 1.70. The number of carbonyl (C=O) groups excluding carboxylic acids is 1. The van der Waals surface area contributed by atoms with E-state index in [4.69, 9.17) is 0 Å². The lowest BCUT2D eigenvalue weighted by Gasteiger charge is -2.06. The van der Waals surface area contributed by atoms with Crippen molar-refractivity contribution in [2.75, 3.05) is 6.54 Å². The number of hydrogen-bond acceptors (Lipinski definition) is 3. The number of nitrogens with one attached hydrogen (secondary N) is 2. The average Bonchev–Trinajstić information content (AvgIpc) is 3.18. The number of nitrogens with zero attached hydrogens (tertiary/aromatic N) is 1. The Morgan fingerprint density at radius 2 is 2.12 bits per heavy atom. The molecule has 6 heteroatoms. The number of benzene rings is 1. The highest BCUT2D eigenvalue weighted by Crippen LogP contribution is 2.13. The second-order valence-electron chi connectivity index (χ2n) is 5.55. The van der Waals surface area contributed by atoms with Gasteiger partial charge in [0, 0.05) is 23.5 Å². The molecule has 0 spiro atoms. The van der Waals surface area contributed by atoms with Crippen molar-refractivity contribution in [1.29, 1.82) is 0 Å². The summed E-state index contributed by atoms with van der Waals surface area (Å²) in [4.78, 5) is 27.9. The van der Waals surface area contributed by atoms with Crippen LogP contribution < -0.4 is 11.0 Å². The monoisotopic (exact) mass is 341 g/mol. The quantitative estimate of drug-likeness (QED) is 0.535. The van der Waals surface area contributed by atoms with Crippen molar-refractivity contribution in [3.63, 3.8) is 0 Å². The number of imidazole rings is 1. The first kappa shape index (κ1) is 16.3. The zero-order valence-electron chi connectivity index (χ0n) is 13.4. The molecule has 1 aromatic carbocycles. The second kappa shape index (κ2) is 7.31. The van der Waals surface area contributed by atoms with Gasteiger partial charge in [-0.2, -0.15) is 0 Å². The first-order chi connectivity index (χ1) is 11.6. The van der Waals surface area contributed by atoms with Gasteiger partial charge in [-0.3, -0.25) is 9.36 Å². The highest BCUT2D eigenvalue weighted by atomic mass is 32.1. The highest BCUT2D eigenvalue weighted by molar-refractivity contribution is 7.10. The van der Waals surface area contributed by atoms with Gasteiger partial charge >= 0.3 is 5.69 Å². The molecule has 0 aliphatic carbocycles. The molecule has 3 aromatic rings. The van der Waals surface area contributed by atoms with Crippen LogP contribution in [0.25, 0.3) is 17.1 Å². The number of aryl methyl sites for hydroxylation is 1. The smallest absolute Gasteiger partial charge is 0.326 e. The van der Waals surface area contributed by atoms with E-state index in [2.05, 4.69) is 10.3 Å². The summed E-state index contributed by atoms with van der Waals surface area (Å²) in [5.41, 5.74) is 2.29. The molecular weight excluding hydrogens is 322 g/mol. The predicted octanol–water partition coefficient (Wildman–Crippen LogP) is 3.00. The third kappa shape index (κ3) is 3.65. The largest absolute Gasteiger partial charge is 0.352 e. The Hall–Kier alpha value is -2.60. The lowest BCUT2D eigenvalue weighted by molar-refractivity contribution is -0.117. The summed E-state index contributed by atoms with van der Waals surface area (Å²) in [7, 11) is 0. The van der Waals surface area contributed by atoms with Gasteiger partial charge in [-0.05, 0) is 43.0 Å². The van der Waals surface area contributed by atoms with Crippen molar-refractivity contribution < 1.29 is 4.79 Å². The molecule has 124 valence electrons. The van der Waals surface area contributed by atoms with Gasteiger partial charge in [-0.15, -0.1) is 11.3 Å². The van der Waals surface area contributed by atoms with E-state index in [-0.39, 0.29) is 11.6 Å². The van der Waals surface area contributed by atoms with Crippen LogP contribution in [0.5, 0.6) is 0 Å². The molecule has 5 nitrogen and oxygen atoms in total. The zero-order valence-corrected chi connectivity index (χ0v) is 14.2. The maximum Gasteiger partial charge on any atom is 0.326 e. The van der Waals surface area contributed by atoms with Crippen LogP contribution in [0, 0.1) is 0 Å². The summed E-state index contributed by atoms with van der Waals surface area (Å²) in [6, 6.07) is 11.5. The predicted molar refractivity (Wildman–Crippen MR) is 98.2 cm³/mol. The van der Waals surface area contributed by atoms with Gasteiger partial charge < -0.3 is 10.3 Å². The maximum absolute atomic E-state index is 12.1. The summed E-state index contributed by atoms with van der Waals surface area (Å²) >= 11 is 1.60. The van der Waals surface area contributed by atoms with Gasteiger partial charge in [0.2, 0.25) is 5.91 Å². The van der Waals surface area contributed by atoms with Gasteiger partial charge in [0.1, 0.15) is 0 Å². The first-order valence-corrected chi connectivity index (χ1v) is 8.70. The third-order valence-electron chi connectivity index (χ3n) is 3.79. The van der Waals surface area contributed by atoms with E-state index in [9.17, 15) is 9.59 Å². The van der Waals surface area contributed by atoms with Crippen molar-refractivity contribution in [2.24, 2.45) is 0 Å². The summed E-state index contributed by atoms with van der Waals surface area (Å²) in [6.45, 7) is 2.90. The Morgan fingerprint density at radius 3 is 2.92 bits per heavy atom. The average molecular weight is 341 g/mol. The number of H-pyrrole nitrogens is 1. The van der Waals surface area contributed by atoms with Gasteiger partial charge in [0.15, 0.2) is 0 Å². The molecule has 0 bridgehead atoms. The number of para-hydroxylation sites is 2. The fourth-order valence-electron chi connectivity index (χ4n) is 2.56. The number of fused-ring (bicyclic) bond motifs is 1. The van der Waals surface area contributed by atoms with E-state index < -0.39 is 0 Å². The van der Waals surface area contributed by atoms with E-state index in [0.717, 1.165) is 15.9 Å². The first-order valence-electron chi connectivity index (χ1n) is 7.83. The molecule has 0 radical (unpaired) electrons. The number of thiophene rings is 1. The second-order valence-corrected chi connectivity index (χ2v) is 6.53. The number of aromatic nitrogens is 2. The molecule has 0 saturated heterocycles. The molecule has 2 heterocycles. The SMILES string of the molecule is C/C(=C\c1cccs1)C(=O)NCCCn1c(=O)[nH]c2ccccc21. The summed E-state index contributed by atoms with van der Waals surface area (Å²) in [5.74, 6) is -0.0744. The molecule has 0 atom stereocenters. The number of rotatable bonds is 6. The Kier molecular flexibility index (Phi) is 4.96. The van der Waals surface area contributed by atoms with Crippen molar-refractivity contribution in [3.05, 3.63) is 62.7 Å². The lowest BCUT2D eigenvalue weighted by Crippen LogP contribution is -2.27. The van der Waals surface area contributed by atoms with Crippen LogP contribution in [0.3, 0.4) is 0 Å². The number of aromatic amines is 1. The van der Waals surface area contributed by atoms with Crippen molar-refractivity contribution in [1.82, 2.24) is 14.9 Å². The van der Waals surface area contributed by atoms with Crippen LogP contribution >= 0.6 is 11.3 Å². The van der Waals surface area contributed by atoms with Crippen LogP contribution in [0.4, 0.5) is 0 Å². The highest BCUT2D eigenvalue weighted by Gasteiger charge is 2.07. The minimum Gasteiger partial charge on any atom is -0.352 e. The van der Waals surface area contributed by atoms with Gasteiger partial charge in [0.25, 0.3) is 0 Å². The topological polar surface area (TPSA) is 66.9 Å². The van der Waals surface area contributed by atoms with Gasteiger partial charge in [-0.25, -0.2) is 4.79 Å². The maximum atomic E-state index is 12.1. The molecule has 24 heavy (non-hydrogen) atoms. The number of amides is 1. The lowest BCUT2D eigenvalue weighted by atomic mass is 10.2. The van der Waals surface area contributed by atoms with Gasteiger partial charge in [-0.1, -0.05) is 18.2 Å². The van der Waals surface area contributed by atoms with E-state index in [1.54, 1.807) is 22.8 Å². The number of hydrogen-bond donors (Lipinski definition) is 2. The van der Waals surface area contributed by atoms with Crippen LogP contribution in [0.15, 0.2) is 52.1 Å². The van der Waals surface area contributed by atoms with Crippen LogP contribution in [-0.4, -0.2) is 22.0 Å². The minimum absolute atomic E-state index is 0.0744.